The van der Waals surface area contributed by atoms with Crippen molar-refractivity contribution in [3.8, 4) is 0 Å². The highest BCUT2D eigenvalue weighted by atomic mass is 35.5. The van der Waals surface area contributed by atoms with E-state index in [1.54, 1.807) is 0 Å². The zero-order valence-corrected chi connectivity index (χ0v) is 12.8. The molecule has 1 aliphatic rings. The van der Waals surface area contributed by atoms with Crippen LogP contribution in [0.5, 0.6) is 0 Å². The highest BCUT2D eigenvalue weighted by molar-refractivity contribution is 6.30. The van der Waals surface area contributed by atoms with Crippen molar-refractivity contribution in [1.82, 2.24) is 14.9 Å². The smallest absolute Gasteiger partial charge is 0.273 e. The Hall–Kier alpha value is -1.94. The number of halogens is 1. The van der Waals surface area contributed by atoms with Gasteiger partial charge < -0.3 is 4.90 Å². The zero-order chi connectivity index (χ0) is 15.0. The Morgan fingerprint density at radius 2 is 1.95 bits per heavy atom. The number of nitrogens with zero attached hydrogens (tertiary/aromatic N) is 3. The van der Waals surface area contributed by atoms with Gasteiger partial charge in [0.1, 0.15) is 12.0 Å². The van der Waals surface area contributed by atoms with Gasteiger partial charge in [0.25, 0.3) is 5.91 Å². The van der Waals surface area contributed by atoms with Crippen LogP contribution in [-0.2, 0) is 13.0 Å². The quantitative estimate of drug-likeness (QED) is 0.875. The van der Waals surface area contributed by atoms with Crippen molar-refractivity contribution in [2.45, 2.75) is 32.9 Å². The van der Waals surface area contributed by atoms with E-state index in [0.29, 0.717) is 23.7 Å². The summed E-state index contributed by atoms with van der Waals surface area (Å²) in [6.45, 7) is 4.61. The number of carbonyl (C=O) groups is 1. The summed E-state index contributed by atoms with van der Waals surface area (Å²) >= 11 is 5.90. The van der Waals surface area contributed by atoms with E-state index >= 15 is 0 Å². The molecular weight excluding hydrogens is 286 g/mol. The summed E-state index contributed by atoms with van der Waals surface area (Å²) in [5.41, 5.74) is 3.53. The van der Waals surface area contributed by atoms with E-state index in [9.17, 15) is 4.79 Å². The molecule has 0 saturated heterocycles. The third-order valence-electron chi connectivity index (χ3n) is 3.73. The normalized spacial score (nSPS) is 13.9. The summed E-state index contributed by atoms with van der Waals surface area (Å²) in [4.78, 5) is 22.7. The molecule has 0 unspecified atom stereocenters. The molecule has 21 heavy (non-hydrogen) atoms. The monoisotopic (exact) mass is 301 g/mol. The number of benzene rings is 1. The van der Waals surface area contributed by atoms with Crippen LogP contribution >= 0.6 is 11.6 Å². The fraction of sp³-hybridized carbons (Fsp3) is 0.312. The molecule has 0 fully saturated rings. The SMILES string of the molecule is CC(C)N1Cc2c(Cc3ccc(Cl)cc3)ncnc2C1=O. The maximum Gasteiger partial charge on any atom is 0.273 e. The average Bonchev–Trinajstić information content (AvgIpc) is 2.80. The van der Waals surface area contributed by atoms with Crippen LogP contribution in [-0.4, -0.2) is 26.8 Å². The van der Waals surface area contributed by atoms with Crippen molar-refractivity contribution < 1.29 is 4.79 Å². The summed E-state index contributed by atoms with van der Waals surface area (Å²) in [6, 6.07) is 7.85. The molecule has 1 aromatic carbocycles. The molecule has 0 bridgehead atoms. The number of fused-ring (bicyclic) bond motifs is 1. The first kappa shape index (κ1) is 14.0. The number of hydrogen-bond acceptors (Lipinski definition) is 3. The van der Waals surface area contributed by atoms with Gasteiger partial charge in [-0.05, 0) is 31.5 Å². The summed E-state index contributed by atoms with van der Waals surface area (Å²) in [6.07, 6.45) is 2.16. The van der Waals surface area contributed by atoms with Crippen LogP contribution in [0.1, 0.15) is 41.2 Å². The third-order valence-corrected chi connectivity index (χ3v) is 3.99. The maximum atomic E-state index is 12.3. The molecule has 2 aromatic rings. The highest BCUT2D eigenvalue weighted by Crippen LogP contribution is 2.26. The lowest BCUT2D eigenvalue weighted by molar-refractivity contribution is 0.0726. The molecule has 1 aromatic heterocycles. The first-order valence-corrected chi connectivity index (χ1v) is 7.32. The molecule has 5 heteroatoms. The van der Waals surface area contributed by atoms with E-state index in [-0.39, 0.29) is 11.9 Å². The van der Waals surface area contributed by atoms with Gasteiger partial charge in [-0.2, -0.15) is 0 Å². The number of aromatic nitrogens is 2. The molecule has 0 atom stereocenters. The molecule has 2 heterocycles. The minimum Gasteiger partial charge on any atom is -0.330 e. The second-order valence-corrected chi connectivity index (χ2v) is 5.91. The van der Waals surface area contributed by atoms with E-state index in [0.717, 1.165) is 16.8 Å². The Balaban J connectivity index is 1.93. The van der Waals surface area contributed by atoms with E-state index in [1.165, 1.54) is 6.33 Å². The number of carbonyl (C=O) groups excluding carboxylic acids is 1. The molecule has 0 N–H and O–H groups in total. The maximum absolute atomic E-state index is 12.3. The molecule has 3 rings (SSSR count). The Morgan fingerprint density at radius 1 is 1.24 bits per heavy atom. The first-order chi connectivity index (χ1) is 10.1. The lowest BCUT2D eigenvalue weighted by Gasteiger charge is -2.19. The van der Waals surface area contributed by atoms with Gasteiger partial charge in [-0.1, -0.05) is 23.7 Å². The molecule has 0 aliphatic carbocycles. The lowest BCUT2D eigenvalue weighted by Crippen LogP contribution is -2.31. The minimum absolute atomic E-state index is 0.000226. The molecule has 1 amide bonds. The van der Waals surface area contributed by atoms with E-state index in [2.05, 4.69) is 9.97 Å². The molecule has 0 spiro atoms. The fourth-order valence-corrected chi connectivity index (χ4v) is 2.67. The summed E-state index contributed by atoms with van der Waals surface area (Å²) in [7, 11) is 0. The Labute approximate surface area is 128 Å². The van der Waals surface area contributed by atoms with Crippen LogP contribution in [0, 0.1) is 0 Å². The van der Waals surface area contributed by atoms with E-state index in [4.69, 9.17) is 11.6 Å². The van der Waals surface area contributed by atoms with Crippen LogP contribution in [0.3, 0.4) is 0 Å². The van der Waals surface area contributed by atoms with Crippen molar-refractivity contribution in [2.24, 2.45) is 0 Å². The summed E-state index contributed by atoms with van der Waals surface area (Å²) < 4.78 is 0. The Bertz CT molecular complexity index is 682. The molecule has 0 saturated carbocycles. The molecular formula is C16H16ClN3O. The second-order valence-electron chi connectivity index (χ2n) is 5.48. The lowest BCUT2D eigenvalue weighted by atomic mass is 10.1. The Morgan fingerprint density at radius 3 is 2.62 bits per heavy atom. The van der Waals surface area contributed by atoms with E-state index in [1.807, 2.05) is 43.0 Å². The average molecular weight is 302 g/mol. The van der Waals surface area contributed by atoms with Gasteiger partial charge >= 0.3 is 0 Å². The number of rotatable bonds is 3. The minimum atomic E-state index is -0.000226. The van der Waals surface area contributed by atoms with E-state index < -0.39 is 0 Å². The number of hydrogen-bond donors (Lipinski definition) is 0. The van der Waals surface area contributed by atoms with Crippen molar-refractivity contribution in [3.63, 3.8) is 0 Å². The zero-order valence-electron chi connectivity index (χ0n) is 12.0. The Kier molecular flexibility index (Phi) is 3.64. The first-order valence-electron chi connectivity index (χ1n) is 6.94. The topological polar surface area (TPSA) is 46.1 Å². The molecule has 4 nitrogen and oxygen atoms in total. The van der Waals surface area contributed by atoms with Crippen molar-refractivity contribution >= 4 is 17.5 Å². The van der Waals surface area contributed by atoms with Gasteiger partial charge in [0, 0.05) is 23.0 Å². The standard InChI is InChI=1S/C16H16ClN3O/c1-10(2)20-8-13-14(18-9-19-15(13)16(20)21)7-11-3-5-12(17)6-4-11/h3-6,9-10H,7-8H2,1-2H3. The molecule has 0 radical (unpaired) electrons. The van der Waals surface area contributed by atoms with Crippen LogP contribution in [0.15, 0.2) is 30.6 Å². The third kappa shape index (κ3) is 2.63. The predicted molar refractivity (Wildman–Crippen MR) is 81.3 cm³/mol. The van der Waals surface area contributed by atoms with Crippen LogP contribution in [0.2, 0.25) is 5.02 Å². The predicted octanol–water partition coefficient (Wildman–Crippen LogP) is 3.09. The second kappa shape index (κ2) is 5.45. The van der Waals surface area contributed by atoms with Crippen LogP contribution in [0.25, 0.3) is 0 Å². The highest BCUT2D eigenvalue weighted by Gasteiger charge is 2.32. The van der Waals surface area contributed by atoms with Crippen molar-refractivity contribution in [1.29, 1.82) is 0 Å². The van der Waals surface area contributed by atoms with Gasteiger partial charge in [-0.25, -0.2) is 9.97 Å². The summed E-state index contributed by atoms with van der Waals surface area (Å²) in [5.74, 6) is -0.000226. The number of amides is 1. The van der Waals surface area contributed by atoms with Crippen molar-refractivity contribution in [3.05, 3.63) is 58.1 Å². The fourth-order valence-electron chi connectivity index (χ4n) is 2.54. The van der Waals surface area contributed by atoms with Crippen LogP contribution in [0.4, 0.5) is 0 Å². The van der Waals surface area contributed by atoms with Gasteiger partial charge in [-0.3, -0.25) is 4.79 Å². The molecule has 108 valence electrons. The summed E-state index contributed by atoms with van der Waals surface area (Å²) in [5, 5.41) is 0.716. The van der Waals surface area contributed by atoms with Gasteiger partial charge in [0.2, 0.25) is 0 Å². The van der Waals surface area contributed by atoms with Crippen molar-refractivity contribution in [2.75, 3.05) is 0 Å². The van der Waals surface area contributed by atoms with Crippen LogP contribution < -0.4 is 0 Å². The largest absolute Gasteiger partial charge is 0.330 e. The van der Waals surface area contributed by atoms with Gasteiger partial charge in [-0.15, -0.1) is 0 Å². The van der Waals surface area contributed by atoms with Gasteiger partial charge in [0.05, 0.1) is 12.2 Å². The van der Waals surface area contributed by atoms with Gasteiger partial charge in [0.15, 0.2) is 0 Å². The molecule has 1 aliphatic heterocycles.